The lowest BCUT2D eigenvalue weighted by Gasteiger charge is -2.18. The Balaban J connectivity index is 1.52. The van der Waals surface area contributed by atoms with Crippen LogP contribution in [0, 0.1) is 6.92 Å². The number of hydrogen-bond acceptors (Lipinski definition) is 5. The summed E-state index contributed by atoms with van der Waals surface area (Å²) < 4.78 is 1.66. The Morgan fingerprint density at radius 2 is 1.88 bits per heavy atom. The van der Waals surface area contributed by atoms with Crippen LogP contribution in [-0.2, 0) is 4.79 Å². The van der Waals surface area contributed by atoms with Gasteiger partial charge in [0, 0.05) is 17.9 Å². The van der Waals surface area contributed by atoms with Crippen molar-refractivity contribution >= 4 is 17.3 Å². The van der Waals surface area contributed by atoms with Gasteiger partial charge in [0.25, 0.3) is 0 Å². The van der Waals surface area contributed by atoms with Gasteiger partial charge in [0.15, 0.2) is 5.82 Å². The van der Waals surface area contributed by atoms with Crippen LogP contribution in [0.15, 0.2) is 54.6 Å². The Labute approximate surface area is 145 Å². The first-order chi connectivity index (χ1) is 12.2. The molecular formula is C18H18N6O. The minimum Gasteiger partial charge on any atom is -0.374 e. The summed E-state index contributed by atoms with van der Waals surface area (Å²) in [6, 6.07) is 17.3. The third-order valence-corrected chi connectivity index (χ3v) is 4.33. The first-order valence-corrected chi connectivity index (χ1v) is 8.21. The molecule has 0 saturated carbocycles. The van der Waals surface area contributed by atoms with E-state index in [1.807, 2.05) is 66.4 Å². The maximum Gasteiger partial charge on any atom is 0.249 e. The maximum absolute atomic E-state index is 12.7. The number of carbonyl (C=O) groups excluding carboxylic acids is 1. The van der Waals surface area contributed by atoms with Gasteiger partial charge in [-0.1, -0.05) is 24.3 Å². The topological polar surface area (TPSA) is 75.9 Å². The number of aryl methyl sites for hydroxylation is 1. The highest BCUT2D eigenvalue weighted by atomic mass is 16.2. The minimum absolute atomic E-state index is 0.0928. The van der Waals surface area contributed by atoms with E-state index in [1.54, 1.807) is 4.68 Å². The highest BCUT2D eigenvalue weighted by molar-refractivity contribution is 6.01. The molecule has 0 aliphatic carbocycles. The summed E-state index contributed by atoms with van der Waals surface area (Å²) in [6.45, 7) is 2.56. The lowest BCUT2D eigenvalue weighted by Crippen LogP contribution is -2.33. The van der Waals surface area contributed by atoms with E-state index < -0.39 is 0 Å². The Morgan fingerprint density at radius 1 is 1.08 bits per heavy atom. The second kappa shape index (κ2) is 6.35. The highest BCUT2D eigenvalue weighted by Gasteiger charge is 2.32. The Morgan fingerprint density at radius 3 is 2.64 bits per heavy atom. The van der Waals surface area contributed by atoms with Gasteiger partial charge in [-0.25, -0.2) is 0 Å². The number of anilines is 2. The van der Waals surface area contributed by atoms with Crippen molar-refractivity contribution in [1.82, 2.24) is 20.2 Å². The van der Waals surface area contributed by atoms with Crippen LogP contribution < -0.4 is 10.2 Å². The number of carbonyl (C=O) groups is 1. The van der Waals surface area contributed by atoms with Crippen molar-refractivity contribution in [2.45, 2.75) is 19.4 Å². The first kappa shape index (κ1) is 15.3. The zero-order valence-electron chi connectivity index (χ0n) is 13.8. The van der Waals surface area contributed by atoms with Crippen LogP contribution in [0.5, 0.6) is 0 Å². The van der Waals surface area contributed by atoms with Crippen LogP contribution in [0.1, 0.15) is 12.2 Å². The van der Waals surface area contributed by atoms with Crippen LogP contribution in [0.2, 0.25) is 0 Å². The van der Waals surface area contributed by atoms with Gasteiger partial charge in [0.05, 0.1) is 5.69 Å². The van der Waals surface area contributed by atoms with Crippen molar-refractivity contribution in [3.05, 3.63) is 60.4 Å². The van der Waals surface area contributed by atoms with Gasteiger partial charge in [0.2, 0.25) is 5.91 Å². The number of hydrogen-bond donors (Lipinski definition) is 1. The molecule has 2 heterocycles. The van der Waals surface area contributed by atoms with Gasteiger partial charge < -0.3 is 10.2 Å². The number of nitrogens with zero attached hydrogens (tertiary/aromatic N) is 5. The SMILES string of the molecule is Cc1nnnn1-c1cccc(NC2CCN(c3ccccc3)C2=O)c1. The van der Waals surface area contributed by atoms with Gasteiger partial charge in [-0.15, -0.1) is 5.10 Å². The van der Waals surface area contributed by atoms with Crippen LogP contribution in [0.4, 0.5) is 11.4 Å². The molecule has 0 bridgehead atoms. The molecule has 4 rings (SSSR count). The van der Waals surface area contributed by atoms with Gasteiger partial charge >= 0.3 is 0 Å². The molecule has 25 heavy (non-hydrogen) atoms. The van der Waals surface area contributed by atoms with E-state index in [0.29, 0.717) is 12.4 Å². The van der Waals surface area contributed by atoms with Crippen molar-refractivity contribution < 1.29 is 4.79 Å². The Kier molecular flexibility index (Phi) is 3.89. The van der Waals surface area contributed by atoms with Crippen molar-refractivity contribution in [2.75, 3.05) is 16.8 Å². The van der Waals surface area contributed by atoms with Crippen LogP contribution in [0.3, 0.4) is 0 Å². The summed E-state index contributed by atoms with van der Waals surface area (Å²) in [5.74, 6) is 0.805. The van der Waals surface area contributed by atoms with Gasteiger partial charge in [0.1, 0.15) is 6.04 Å². The number of nitrogens with one attached hydrogen (secondary N) is 1. The first-order valence-electron chi connectivity index (χ1n) is 8.21. The molecule has 7 heteroatoms. The smallest absolute Gasteiger partial charge is 0.249 e. The molecule has 1 fully saturated rings. The molecule has 1 N–H and O–H groups in total. The molecule has 126 valence electrons. The van der Waals surface area contributed by atoms with Gasteiger partial charge in [-0.3, -0.25) is 4.79 Å². The molecule has 0 spiro atoms. The number of tetrazole rings is 1. The lowest BCUT2D eigenvalue weighted by molar-refractivity contribution is -0.117. The van der Waals surface area contributed by atoms with E-state index in [9.17, 15) is 4.79 Å². The molecule has 1 saturated heterocycles. The average Bonchev–Trinajstić information content (AvgIpc) is 3.22. The second-order valence-corrected chi connectivity index (χ2v) is 6.00. The largest absolute Gasteiger partial charge is 0.374 e. The quantitative estimate of drug-likeness (QED) is 0.791. The molecule has 1 aromatic heterocycles. The fraction of sp³-hybridized carbons (Fsp3) is 0.222. The number of aromatic nitrogens is 4. The zero-order valence-corrected chi connectivity index (χ0v) is 13.8. The zero-order chi connectivity index (χ0) is 17.2. The van der Waals surface area contributed by atoms with E-state index in [4.69, 9.17) is 0 Å². The van der Waals surface area contributed by atoms with Crippen LogP contribution >= 0.6 is 0 Å². The molecule has 1 aliphatic rings. The summed E-state index contributed by atoms with van der Waals surface area (Å²) in [5.41, 5.74) is 2.67. The predicted molar refractivity (Wildman–Crippen MR) is 94.7 cm³/mol. The standard InChI is InChI=1S/C18H18N6O/c1-13-20-21-22-24(13)16-9-5-6-14(12-16)19-17-10-11-23(18(17)25)15-7-3-2-4-8-15/h2-9,12,17,19H,10-11H2,1H3. The van der Waals surface area contributed by atoms with Gasteiger partial charge in [-0.2, -0.15) is 4.68 Å². The van der Waals surface area contributed by atoms with Crippen LogP contribution in [-0.4, -0.2) is 38.7 Å². The predicted octanol–water partition coefficient (Wildman–Crippen LogP) is 2.19. The van der Waals surface area contributed by atoms with E-state index in [2.05, 4.69) is 20.8 Å². The van der Waals surface area contributed by atoms with Crippen molar-refractivity contribution in [2.24, 2.45) is 0 Å². The lowest BCUT2D eigenvalue weighted by atomic mass is 10.2. The molecule has 1 amide bonds. The molecule has 1 aliphatic heterocycles. The Hall–Kier alpha value is -3.22. The normalized spacial score (nSPS) is 17.1. The average molecular weight is 334 g/mol. The number of para-hydroxylation sites is 1. The van der Waals surface area contributed by atoms with E-state index >= 15 is 0 Å². The fourth-order valence-corrected chi connectivity index (χ4v) is 3.08. The third kappa shape index (κ3) is 2.96. The number of amides is 1. The van der Waals surface area contributed by atoms with Crippen LogP contribution in [0.25, 0.3) is 5.69 Å². The monoisotopic (exact) mass is 334 g/mol. The minimum atomic E-state index is -0.231. The molecule has 0 radical (unpaired) electrons. The summed E-state index contributed by atoms with van der Waals surface area (Å²) >= 11 is 0. The van der Waals surface area contributed by atoms with Crippen molar-refractivity contribution in [3.8, 4) is 5.69 Å². The summed E-state index contributed by atoms with van der Waals surface area (Å²) in [7, 11) is 0. The van der Waals surface area contributed by atoms with Crippen molar-refractivity contribution in [1.29, 1.82) is 0 Å². The Bertz CT molecular complexity index is 891. The summed E-state index contributed by atoms with van der Waals surface area (Å²) in [4.78, 5) is 14.5. The molecule has 7 nitrogen and oxygen atoms in total. The van der Waals surface area contributed by atoms with E-state index in [-0.39, 0.29) is 11.9 Å². The molecule has 2 aromatic carbocycles. The van der Waals surface area contributed by atoms with Crippen molar-refractivity contribution in [3.63, 3.8) is 0 Å². The van der Waals surface area contributed by atoms with Gasteiger partial charge in [-0.05, 0) is 54.1 Å². The summed E-state index contributed by atoms with van der Waals surface area (Å²) in [5, 5.41) is 14.9. The second-order valence-electron chi connectivity index (χ2n) is 6.00. The molecule has 1 unspecified atom stereocenters. The highest BCUT2D eigenvalue weighted by Crippen LogP contribution is 2.24. The van der Waals surface area contributed by atoms with E-state index in [1.165, 1.54) is 0 Å². The third-order valence-electron chi connectivity index (χ3n) is 4.33. The van der Waals surface area contributed by atoms with E-state index in [0.717, 1.165) is 23.5 Å². The molecule has 1 atom stereocenters. The molecular weight excluding hydrogens is 316 g/mol. The number of benzene rings is 2. The summed E-state index contributed by atoms with van der Waals surface area (Å²) in [6.07, 6.45) is 0.766. The molecule has 3 aromatic rings. The fourth-order valence-electron chi connectivity index (χ4n) is 3.08. The maximum atomic E-state index is 12.7. The number of rotatable bonds is 4.